The van der Waals surface area contributed by atoms with Gasteiger partial charge >= 0.3 is 0 Å². The maximum absolute atomic E-state index is 12.6. The van der Waals surface area contributed by atoms with Gasteiger partial charge in [-0.3, -0.25) is 9.69 Å². The van der Waals surface area contributed by atoms with Crippen LogP contribution in [0.5, 0.6) is 0 Å². The van der Waals surface area contributed by atoms with Crippen LogP contribution in [0.25, 0.3) is 0 Å². The third kappa shape index (κ3) is 3.76. The van der Waals surface area contributed by atoms with Crippen molar-refractivity contribution in [3.8, 4) is 6.07 Å². The van der Waals surface area contributed by atoms with Gasteiger partial charge in [-0.05, 0) is 50.3 Å². The lowest BCUT2D eigenvalue weighted by molar-refractivity contribution is -0.131. The summed E-state index contributed by atoms with van der Waals surface area (Å²) in [5, 5.41) is 8.93. The average Bonchev–Trinajstić information content (AvgIpc) is 3.37. The smallest absolute Gasteiger partial charge is 0.232 e. The highest BCUT2D eigenvalue weighted by Crippen LogP contribution is 2.45. The number of benzene rings is 1. The van der Waals surface area contributed by atoms with E-state index in [4.69, 9.17) is 11.0 Å². The summed E-state index contributed by atoms with van der Waals surface area (Å²) in [5.74, 6) is 0.758. The number of nitriles is 1. The van der Waals surface area contributed by atoms with Gasteiger partial charge < -0.3 is 5.73 Å². The maximum Gasteiger partial charge on any atom is 0.232 e. The molecule has 24 heavy (non-hydrogen) atoms. The molecule has 2 aliphatic rings. The summed E-state index contributed by atoms with van der Waals surface area (Å²) in [6, 6.07) is 9.46. The molecular formula is C19H26N4O. The number of amides is 1. The molecule has 0 unspecified atom stereocenters. The van der Waals surface area contributed by atoms with Gasteiger partial charge in [-0.2, -0.15) is 5.26 Å². The molecule has 5 heteroatoms. The molecule has 0 radical (unpaired) electrons. The molecule has 1 amide bonds. The molecule has 0 saturated heterocycles. The number of hydrogen-bond acceptors (Lipinski definition) is 4. The zero-order valence-corrected chi connectivity index (χ0v) is 14.9. The fourth-order valence-corrected chi connectivity index (χ4v) is 3.08. The van der Waals surface area contributed by atoms with Gasteiger partial charge in [0.2, 0.25) is 5.91 Å². The van der Waals surface area contributed by atoms with E-state index in [9.17, 15) is 4.79 Å². The fraction of sp³-hybridized carbons (Fsp3) is 0.526. The molecule has 2 N–H and O–H groups in total. The third-order valence-corrected chi connectivity index (χ3v) is 4.24. The molecule has 3 rings (SSSR count). The molecule has 1 aliphatic carbocycles. The zero-order chi connectivity index (χ0) is 17.9. The molecule has 1 aliphatic heterocycles. The van der Waals surface area contributed by atoms with Crippen LogP contribution >= 0.6 is 0 Å². The van der Waals surface area contributed by atoms with Gasteiger partial charge in [0.25, 0.3) is 0 Å². The van der Waals surface area contributed by atoms with E-state index in [0.717, 1.165) is 18.4 Å². The molecule has 1 aromatic carbocycles. The molecular weight excluding hydrogens is 300 g/mol. The second-order valence-electron chi connectivity index (χ2n) is 6.74. The number of carbonyl (C=O) groups excluding carboxylic acids is 1. The summed E-state index contributed by atoms with van der Waals surface area (Å²) in [6.07, 6.45) is 2.55. The molecule has 1 fully saturated rings. The van der Waals surface area contributed by atoms with Gasteiger partial charge in [0, 0.05) is 0 Å². The normalized spacial score (nSPS) is 20.4. The standard InChI is InChI=1S/C17H20N4O.C2H6/c1-17(2)9-14(22)21(16(19)20-17)15(13-7-8-13)12-5-3-11(10-18)4-6-12;1-2/h3-6,13,15H,7-9H2,1-2H3,(H2,19,20);1-2H3/t15-;/m0./s1. The van der Waals surface area contributed by atoms with Crippen molar-refractivity contribution < 1.29 is 4.79 Å². The Morgan fingerprint density at radius 1 is 1.29 bits per heavy atom. The van der Waals surface area contributed by atoms with Crippen molar-refractivity contribution in [1.29, 1.82) is 5.26 Å². The summed E-state index contributed by atoms with van der Waals surface area (Å²) in [6.45, 7) is 7.84. The average molecular weight is 326 g/mol. The van der Waals surface area contributed by atoms with Crippen molar-refractivity contribution >= 4 is 11.9 Å². The van der Waals surface area contributed by atoms with Crippen LogP contribution in [-0.2, 0) is 4.79 Å². The Hall–Kier alpha value is -2.35. The Labute approximate surface area is 144 Å². The molecule has 5 nitrogen and oxygen atoms in total. The first-order valence-corrected chi connectivity index (χ1v) is 8.59. The highest BCUT2D eigenvalue weighted by atomic mass is 16.2. The van der Waals surface area contributed by atoms with E-state index in [0.29, 0.717) is 23.9 Å². The Bertz CT molecular complexity index is 666. The Morgan fingerprint density at radius 3 is 2.33 bits per heavy atom. The van der Waals surface area contributed by atoms with Crippen molar-refractivity contribution in [3.05, 3.63) is 35.4 Å². The van der Waals surface area contributed by atoms with Gasteiger partial charge in [-0.1, -0.05) is 26.0 Å². The van der Waals surface area contributed by atoms with Crippen molar-refractivity contribution in [1.82, 2.24) is 4.90 Å². The second-order valence-corrected chi connectivity index (χ2v) is 6.74. The maximum atomic E-state index is 12.6. The van der Waals surface area contributed by atoms with Crippen molar-refractivity contribution in [2.75, 3.05) is 0 Å². The van der Waals surface area contributed by atoms with E-state index >= 15 is 0 Å². The molecule has 0 aromatic heterocycles. The van der Waals surface area contributed by atoms with E-state index in [1.165, 1.54) is 0 Å². The van der Waals surface area contributed by atoms with Crippen molar-refractivity contribution in [2.45, 2.75) is 58.5 Å². The first-order chi connectivity index (χ1) is 11.4. The van der Waals surface area contributed by atoms with Gasteiger partial charge in [0.15, 0.2) is 5.96 Å². The summed E-state index contributed by atoms with van der Waals surface area (Å²) < 4.78 is 0. The topological polar surface area (TPSA) is 82.5 Å². The van der Waals surface area contributed by atoms with E-state index in [1.807, 2.05) is 39.8 Å². The SMILES string of the molecule is CC.CC1(C)CC(=O)N([C@@H](c2ccc(C#N)cc2)C2CC2)C(N)=N1. The first kappa shape index (κ1) is 18.0. The van der Waals surface area contributed by atoms with Crippen LogP contribution in [0.1, 0.15) is 64.1 Å². The van der Waals surface area contributed by atoms with Crippen LogP contribution in [0.3, 0.4) is 0 Å². The minimum absolute atomic E-state index is 0.0266. The van der Waals surface area contributed by atoms with E-state index in [1.54, 1.807) is 17.0 Å². The van der Waals surface area contributed by atoms with Gasteiger partial charge in [0.05, 0.1) is 29.6 Å². The van der Waals surface area contributed by atoms with Crippen molar-refractivity contribution in [2.24, 2.45) is 16.6 Å². The van der Waals surface area contributed by atoms with Gasteiger partial charge in [-0.15, -0.1) is 0 Å². The van der Waals surface area contributed by atoms with Gasteiger partial charge in [0.1, 0.15) is 0 Å². The lowest BCUT2D eigenvalue weighted by Gasteiger charge is -2.38. The molecule has 0 spiro atoms. The largest absolute Gasteiger partial charge is 0.369 e. The molecule has 0 bridgehead atoms. The number of hydrogen-bond donors (Lipinski definition) is 1. The fourth-order valence-electron chi connectivity index (χ4n) is 3.08. The number of guanidine groups is 1. The lowest BCUT2D eigenvalue weighted by atomic mass is 9.94. The molecule has 1 aromatic rings. The Morgan fingerprint density at radius 2 is 1.88 bits per heavy atom. The predicted molar refractivity (Wildman–Crippen MR) is 95.1 cm³/mol. The van der Waals surface area contributed by atoms with Crippen LogP contribution in [-0.4, -0.2) is 22.3 Å². The summed E-state index contributed by atoms with van der Waals surface area (Å²) in [7, 11) is 0. The Balaban J connectivity index is 0.00000100. The number of rotatable bonds is 3. The van der Waals surface area contributed by atoms with Crippen LogP contribution < -0.4 is 5.73 Å². The summed E-state index contributed by atoms with van der Waals surface area (Å²) in [4.78, 5) is 18.7. The van der Waals surface area contributed by atoms with E-state index < -0.39 is 5.54 Å². The molecule has 1 atom stereocenters. The third-order valence-electron chi connectivity index (χ3n) is 4.24. The zero-order valence-electron chi connectivity index (χ0n) is 14.9. The van der Waals surface area contributed by atoms with E-state index in [-0.39, 0.29) is 11.9 Å². The minimum atomic E-state index is -0.434. The predicted octanol–water partition coefficient (Wildman–Crippen LogP) is 3.36. The monoisotopic (exact) mass is 326 g/mol. The summed E-state index contributed by atoms with van der Waals surface area (Å²) >= 11 is 0. The minimum Gasteiger partial charge on any atom is -0.369 e. The number of aliphatic imine (C=N–C) groups is 1. The number of carbonyl (C=O) groups is 1. The summed E-state index contributed by atoms with van der Waals surface area (Å²) in [5.41, 5.74) is 7.31. The van der Waals surface area contributed by atoms with Crippen LogP contribution in [0.2, 0.25) is 0 Å². The Kier molecular flexibility index (Phi) is 5.28. The van der Waals surface area contributed by atoms with E-state index in [2.05, 4.69) is 11.1 Å². The quantitative estimate of drug-likeness (QED) is 0.924. The number of nitrogens with two attached hydrogens (primary N) is 1. The van der Waals surface area contributed by atoms with Crippen molar-refractivity contribution in [3.63, 3.8) is 0 Å². The second kappa shape index (κ2) is 7.04. The number of nitrogens with zero attached hydrogens (tertiary/aromatic N) is 3. The van der Waals surface area contributed by atoms with Crippen LogP contribution in [0.4, 0.5) is 0 Å². The highest BCUT2D eigenvalue weighted by molar-refractivity contribution is 5.99. The molecule has 128 valence electrons. The molecule has 1 heterocycles. The highest BCUT2D eigenvalue weighted by Gasteiger charge is 2.43. The lowest BCUT2D eigenvalue weighted by Crippen LogP contribution is -2.51. The first-order valence-electron chi connectivity index (χ1n) is 8.59. The molecule has 1 saturated carbocycles. The van der Waals surface area contributed by atoms with Crippen LogP contribution in [0.15, 0.2) is 29.3 Å². The van der Waals surface area contributed by atoms with Crippen LogP contribution in [0, 0.1) is 17.2 Å². The van der Waals surface area contributed by atoms with Gasteiger partial charge in [-0.25, -0.2) is 4.99 Å².